The van der Waals surface area contributed by atoms with Gasteiger partial charge in [0.05, 0.1) is 5.75 Å². The van der Waals surface area contributed by atoms with E-state index in [2.05, 4.69) is 29.6 Å². The lowest BCUT2D eigenvalue weighted by Crippen LogP contribution is -2.51. The Balaban J connectivity index is 1.81. The number of benzene rings is 3. The van der Waals surface area contributed by atoms with E-state index >= 15 is 0 Å². The van der Waals surface area contributed by atoms with Crippen LogP contribution in [-0.4, -0.2) is 35.1 Å². The lowest BCUT2D eigenvalue weighted by Gasteiger charge is -2.31. The molecule has 0 fully saturated rings. The van der Waals surface area contributed by atoms with Gasteiger partial charge >= 0.3 is 0 Å². The van der Waals surface area contributed by atoms with E-state index in [0.29, 0.717) is 18.7 Å². The van der Waals surface area contributed by atoms with Crippen LogP contribution >= 0.6 is 11.8 Å². The molecule has 3 aromatic rings. The SMILES string of the molecule is CCCNC(=O)[C@@H](Cc1ccccc1)N(Cc1ccc(F)cc1)C(=O)CSCc1ccc(C)cc1. The molecule has 0 aromatic heterocycles. The monoisotopic (exact) mass is 492 g/mol. The van der Waals surface area contributed by atoms with Crippen LogP contribution in [0.2, 0.25) is 0 Å². The summed E-state index contributed by atoms with van der Waals surface area (Å²) in [5.74, 6) is 0.346. The van der Waals surface area contributed by atoms with Gasteiger partial charge in [0, 0.05) is 25.3 Å². The van der Waals surface area contributed by atoms with Gasteiger partial charge < -0.3 is 10.2 Å². The zero-order valence-corrected chi connectivity index (χ0v) is 21.2. The fourth-order valence-corrected chi connectivity index (χ4v) is 4.60. The molecular formula is C29H33FN2O2S. The van der Waals surface area contributed by atoms with Gasteiger partial charge in [-0.05, 0) is 42.2 Å². The fourth-order valence-electron chi connectivity index (χ4n) is 3.73. The highest BCUT2D eigenvalue weighted by Crippen LogP contribution is 2.19. The zero-order chi connectivity index (χ0) is 25.0. The maximum atomic E-state index is 13.5. The van der Waals surface area contributed by atoms with E-state index in [4.69, 9.17) is 0 Å². The van der Waals surface area contributed by atoms with Crippen LogP contribution in [0, 0.1) is 12.7 Å². The van der Waals surface area contributed by atoms with Crippen LogP contribution in [0.25, 0.3) is 0 Å². The molecule has 0 spiro atoms. The van der Waals surface area contributed by atoms with Crippen LogP contribution in [0.3, 0.4) is 0 Å². The van der Waals surface area contributed by atoms with Crippen LogP contribution in [0.5, 0.6) is 0 Å². The normalized spacial score (nSPS) is 11.6. The highest BCUT2D eigenvalue weighted by Gasteiger charge is 2.30. The van der Waals surface area contributed by atoms with Crippen molar-refractivity contribution in [2.75, 3.05) is 12.3 Å². The lowest BCUT2D eigenvalue weighted by molar-refractivity contribution is -0.139. The predicted molar refractivity (Wildman–Crippen MR) is 142 cm³/mol. The Morgan fingerprint density at radius 1 is 0.914 bits per heavy atom. The van der Waals surface area contributed by atoms with Crippen LogP contribution in [-0.2, 0) is 28.3 Å². The second kappa shape index (κ2) is 13.7. The molecule has 184 valence electrons. The second-order valence-electron chi connectivity index (χ2n) is 8.62. The zero-order valence-electron chi connectivity index (χ0n) is 20.4. The Kier molecular flexibility index (Phi) is 10.4. The average Bonchev–Trinajstić information content (AvgIpc) is 2.87. The maximum absolute atomic E-state index is 13.5. The molecule has 3 aromatic carbocycles. The quantitative estimate of drug-likeness (QED) is 0.362. The standard InChI is InChI=1S/C29H33FN2O2S/c1-3-17-31-29(34)27(18-23-7-5-4-6-8-23)32(19-24-13-15-26(30)16-14-24)28(33)21-35-20-25-11-9-22(2)10-12-25/h4-16,27H,3,17-21H2,1-2H3,(H,31,34)/t27-/m1/s1. The van der Waals surface area contributed by atoms with Crippen LogP contribution in [0.1, 0.15) is 35.6 Å². The topological polar surface area (TPSA) is 49.4 Å². The fraction of sp³-hybridized carbons (Fsp3) is 0.310. The molecule has 4 nitrogen and oxygen atoms in total. The summed E-state index contributed by atoms with van der Waals surface area (Å²) in [6.45, 7) is 4.83. The van der Waals surface area contributed by atoms with Crippen molar-refractivity contribution in [2.45, 2.75) is 45.0 Å². The third-order valence-corrected chi connectivity index (χ3v) is 6.69. The number of carbonyl (C=O) groups excluding carboxylic acids is 2. The van der Waals surface area contributed by atoms with E-state index in [1.165, 1.54) is 29.5 Å². The first-order chi connectivity index (χ1) is 17.0. The summed E-state index contributed by atoms with van der Waals surface area (Å²) in [6, 6.07) is 23.4. The van der Waals surface area contributed by atoms with Crippen LogP contribution in [0.4, 0.5) is 4.39 Å². The third kappa shape index (κ3) is 8.55. The van der Waals surface area contributed by atoms with Crippen LogP contribution < -0.4 is 5.32 Å². The van der Waals surface area contributed by atoms with Crippen molar-refractivity contribution in [3.8, 4) is 0 Å². The van der Waals surface area contributed by atoms with E-state index < -0.39 is 6.04 Å². The van der Waals surface area contributed by atoms with Crippen molar-refractivity contribution in [1.29, 1.82) is 0 Å². The van der Waals surface area contributed by atoms with Gasteiger partial charge in [-0.15, -0.1) is 11.8 Å². The second-order valence-corrected chi connectivity index (χ2v) is 9.61. The Hall–Kier alpha value is -3.12. The number of nitrogens with zero attached hydrogens (tertiary/aromatic N) is 1. The number of nitrogens with one attached hydrogen (secondary N) is 1. The highest BCUT2D eigenvalue weighted by atomic mass is 32.2. The van der Waals surface area contributed by atoms with Gasteiger partial charge in [0.15, 0.2) is 0 Å². The van der Waals surface area contributed by atoms with Crippen molar-refractivity contribution < 1.29 is 14.0 Å². The Morgan fingerprint density at radius 3 is 2.23 bits per heavy atom. The molecule has 0 heterocycles. The molecule has 6 heteroatoms. The summed E-state index contributed by atoms with van der Waals surface area (Å²) >= 11 is 1.53. The van der Waals surface area contributed by atoms with Gasteiger partial charge in [-0.1, -0.05) is 79.2 Å². The summed E-state index contributed by atoms with van der Waals surface area (Å²) in [4.78, 5) is 28.4. The first kappa shape index (κ1) is 26.5. The summed E-state index contributed by atoms with van der Waals surface area (Å²) < 4.78 is 13.5. The Labute approximate surface area is 211 Å². The molecule has 0 radical (unpaired) electrons. The van der Waals surface area contributed by atoms with Crippen molar-refractivity contribution in [1.82, 2.24) is 10.2 Å². The van der Waals surface area contributed by atoms with Gasteiger partial charge in [-0.25, -0.2) is 4.39 Å². The molecule has 0 unspecified atom stereocenters. The molecule has 0 saturated heterocycles. The predicted octanol–water partition coefficient (Wildman–Crippen LogP) is 5.53. The number of aryl methyl sites for hydroxylation is 1. The summed E-state index contributed by atoms with van der Waals surface area (Å²) in [6.07, 6.45) is 1.22. The molecule has 2 amide bonds. The molecule has 1 atom stereocenters. The minimum absolute atomic E-state index is 0.112. The van der Waals surface area contributed by atoms with Gasteiger partial charge in [-0.2, -0.15) is 0 Å². The number of hydrogen-bond acceptors (Lipinski definition) is 3. The molecule has 0 saturated carbocycles. The molecule has 0 aliphatic carbocycles. The molecule has 0 aliphatic heterocycles. The van der Waals surface area contributed by atoms with Gasteiger partial charge in [0.2, 0.25) is 11.8 Å². The summed E-state index contributed by atoms with van der Waals surface area (Å²) in [7, 11) is 0. The summed E-state index contributed by atoms with van der Waals surface area (Å²) in [5, 5.41) is 2.97. The van der Waals surface area contributed by atoms with Crippen molar-refractivity contribution >= 4 is 23.6 Å². The molecule has 1 N–H and O–H groups in total. The van der Waals surface area contributed by atoms with Crippen molar-refractivity contribution in [3.05, 3.63) is 107 Å². The average molecular weight is 493 g/mol. The Morgan fingerprint density at radius 2 is 1.57 bits per heavy atom. The number of thioether (sulfide) groups is 1. The van der Waals surface area contributed by atoms with Gasteiger partial charge in [-0.3, -0.25) is 9.59 Å². The summed E-state index contributed by atoms with van der Waals surface area (Å²) in [5.41, 5.74) is 4.11. The van der Waals surface area contributed by atoms with Crippen LogP contribution in [0.15, 0.2) is 78.9 Å². The number of amides is 2. The molecule has 3 rings (SSSR count). The number of halogens is 1. The molecule has 0 aliphatic rings. The van der Waals surface area contributed by atoms with E-state index in [1.807, 2.05) is 44.2 Å². The van der Waals surface area contributed by atoms with Gasteiger partial charge in [0.25, 0.3) is 0 Å². The van der Waals surface area contributed by atoms with E-state index in [9.17, 15) is 14.0 Å². The number of rotatable bonds is 12. The number of hydrogen-bond donors (Lipinski definition) is 1. The minimum Gasteiger partial charge on any atom is -0.354 e. The smallest absolute Gasteiger partial charge is 0.243 e. The van der Waals surface area contributed by atoms with E-state index in [0.717, 1.165) is 23.1 Å². The van der Waals surface area contributed by atoms with Gasteiger partial charge in [0.1, 0.15) is 11.9 Å². The van der Waals surface area contributed by atoms with E-state index in [-0.39, 0.29) is 29.9 Å². The lowest BCUT2D eigenvalue weighted by atomic mass is 10.0. The molecular weight excluding hydrogens is 459 g/mol. The molecule has 35 heavy (non-hydrogen) atoms. The van der Waals surface area contributed by atoms with Crippen molar-refractivity contribution in [3.63, 3.8) is 0 Å². The third-order valence-electron chi connectivity index (χ3n) is 5.70. The largest absolute Gasteiger partial charge is 0.354 e. The first-order valence-electron chi connectivity index (χ1n) is 11.9. The highest BCUT2D eigenvalue weighted by molar-refractivity contribution is 7.99. The molecule has 0 bridgehead atoms. The first-order valence-corrected chi connectivity index (χ1v) is 13.1. The van der Waals surface area contributed by atoms with E-state index in [1.54, 1.807) is 17.0 Å². The van der Waals surface area contributed by atoms with Crippen molar-refractivity contribution in [2.24, 2.45) is 0 Å². The minimum atomic E-state index is -0.665. The Bertz CT molecular complexity index is 1070. The number of carbonyl (C=O) groups is 2. The maximum Gasteiger partial charge on any atom is 0.243 e.